The molecule has 1 atom stereocenters. The van der Waals surface area contributed by atoms with Gasteiger partial charge in [0, 0.05) is 16.7 Å². The molecule has 1 fully saturated rings. The van der Waals surface area contributed by atoms with Crippen molar-refractivity contribution >= 4 is 28.5 Å². The molecule has 0 saturated carbocycles. The molecule has 0 aliphatic carbocycles. The first-order valence-electron chi connectivity index (χ1n) is 8.97. The predicted molar refractivity (Wildman–Crippen MR) is 105 cm³/mol. The van der Waals surface area contributed by atoms with E-state index < -0.39 is 10.7 Å². The second-order valence-corrected chi connectivity index (χ2v) is 8.01. The molecule has 0 amide bonds. The zero-order chi connectivity index (χ0) is 20.4. The van der Waals surface area contributed by atoms with Gasteiger partial charge in [0.05, 0.1) is 11.5 Å². The lowest BCUT2D eigenvalue weighted by atomic mass is 10.2. The SMILES string of the molecule is CC1(C)OCC(COc2ccc(CSc3ccc([N+](=O)[O-])c4nonc34)cc2)O1. The highest BCUT2D eigenvalue weighted by Crippen LogP contribution is 2.33. The summed E-state index contributed by atoms with van der Waals surface area (Å²) in [4.78, 5) is 11.3. The van der Waals surface area contributed by atoms with Crippen molar-refractivity contribution in [2.45, 2.75) is 36.4 Å². The number of aromatic nitrogens is 2. The second-order valence-electron chi connectivity index (χ2n) is 7.00. The fourth-order valence-electron chi connectivity index (χ4n) is 2.97. The monoisotopic (exact) mass is 417 g/mol. The van der Waals surface area contributed by atoms with Crippen molar-refractivity contribution < 1.29 is 23.8 Å². The maximum absolute atomic E-state index is 11.1. The molecule has 152 valence electrons. The van der Waals surface area contributed by atoms with Crippen LogP contribution in [0.5, 0.6) is 5.75 Å². The molecule has 9 nitrogen and oxygen atoms in total. The summed E-state index contributed by atoms with van der Waals surface area (Å²) in [5.74, 6) is 0.858. The van der Waals surface area contributed by atoms with Gasteiger partial charge in [-0.2, -0.15) is 0 Å². The Bertz CT molecular complexity index is 1020. The van der Waals surface area contributed by atoms with Crippen LogP contribution >= 0.6 is 11.8 Å². The van der Waals surface area contributed by atoms with Gasteiger partial charge in [0.25, 0.3) is 0 Å². The van der Waals surface area contributed by atoms with Gasteiger partial charge < -0.3 is 14.2 Å². The van der Waals surface area contributed by atoms with E-state index in [0.29, 0.717) is 24.5 Å². The predicted octanol–water partition coefficient (Wildman–Crippen LogP) is 3.95. The Hall–Kier alpha value is -2.69. The third-order valence-corrected chi connectivity index (χ3v) is 5.49. The average molecular weight is 417 g/mol. The summed E-state index contributed by atoms with van der Waals surface area (Å²) < 4.78 is 21.7. The van der Waals surface area contributed by atoms with Crippen LogP contribution in [0.15, 0.2) is 45.9 Å². The fourth-order valence-corrected chi connectivity index (χ4v) is 3.92. The quantitative estimate of drug-likeness (QED) is 0.320. The van der Waals surface area contributed by atoms with Crippen molar-refractivity contribution in [1.29, 1.82) is 0 Å². The Morgan fingerprint density at radius 2 is 1.97 bits per heavy atom. The van der Waals surface area contributed by atoms with Gasteiger partial charge >= 0.3 is 5.69 Å². The standard InChI is InChI=1S/C19H19N3O6S/c1-19(2)26-10-14(27-19)9-25-13-5-3-12(4-6-13)11-29-16-8-7-15(22(23)24)17-18(16)21-28-20-17/h3-8,14H,9-11H2,1-2H3. The molecule has 10 heteroatoms. The minimum atomic E-state index is -0.558. The summed E-state index contributed by atoms with van der Waals surface area (Å²) in [7, 11) is 0. The number of ether oxygens (including phenoxy) is 3. The zero-order valence-corrected chi connectivity index (χ0v) is 16.7. The number of fused-ring (bicyclic) bond motifs is 1. The molecule has 0 N–H and O–H groups in total. The van der Waals surface area contributed by atoms with E-state index in [1.165, 1.54) is 17.8 Å². The molecule has 4 rings (SSSR count). The van der Waals surface area contributed by atoms with Crippen LogP contribution < -0.4 is 4.74 Å². The van der Waals surface area contributed by atoms with Gasteiger partial charge in [-0.25, -0.2) is 4.63 Å². The normalized spacial score (nSPS) is 18.2. The number of benzene rings is 2. The first kappa shape index (κ1) is 19.6. The third-order valence-electron chi connectivity index (χ3n) is 4.37. The maximum atomic E-state index is 11.1. The topological polar surface area (TPSA) is 110 Å². The van der Waals surface area contributed by atoms with E-state index in [2.05, 4.69) is 10.3 Å². The molecule has 1 aliphatic heterocycles. The summed E-state index contributed by atoms with van der Waals surface area (Å²) in [5.41, 5.74) is 1.51. The van der Waals surface area contributed by atoms with E-state index in [1.54, 1.807) is 6.07 Å². The Morgan fingerprint density at radius 3 is 2.66 bits per heavy atom. The van der Waals surface area contributed by atoms with Crippen LogP contribution in [0.25, 0.3) is 11.0 Å². The van der Waals surface area contributed by atoms with Crippen molar-refractivity contribution in [3.8, 4) is 5.75 Å². The van der Waals surface area contributed by atoms with E-state index in [4.69, 9.17) is 18.8 Å². The minimum Gasteiger partial charge on any atom is -0.491 e. The summed E-state index contributed by atoms with van der Waals surface area (Å²) in [6.07, 6.45) is -0.0825. The van der Waals surface area contributed by atoms with Crippen LogP contribution in [0.3, 0.4) is 0 Å². The van der Waals surface area contributed by atoms with E-state index in [-0.39, 0.29) is 17.3 Å². The fraction of sp³-hybridized carbons (Fsp3) is 0.368. The van der Waals surface area contributed by atoms with Crippen LogP contribution in [-0.4, -0.2) is 40.3 Å². The first-order chi connectivity index (χ1) is 13.9. The molecule has 1 saturated heterocycles. The maximum Gasteiger partial charge on any atom is 0.300 e. The van der Waals surface area contributed by atoms with E-state index in [9.17, 15) is 10.1 Å². The lowest BCUT2D eigenvalue weighted by molar-refractivity contribution is -0.383. The van der Waals surface area contributed by atoms with Crippen molar-refractivity contribution in [3.05, 3.63) is 52.1 Å². The highest BCUT2D eigenvalue weighted by atomic mass is 32.2. The van der Waals surface area contributed by atoms with E-state index in [1.807, 2.05) is 38.1 Å². The minimum absolute atomic E-state index is 0.0825. The summed E-state index contributed by atoms with van der Waals surface area (Å²) in [6, 6.07) is 10.8. The van der Waals surface area contributed by atoms with E-state index >= 15 is 0 Å². The largest absolute Gasteiger partial charge is 0.491 e. The Morgan fingerprint density at radius 1 is 1.21 bits per heavy atom. The molecule has 0 spiro atoms. The van der Waals surface area contributed by atoms with Crippen molar-refractivity contribution in [3.63, 3.8) is 0 Å². The molecule has 1 unspecified atom stereocenters. The van der Waals surface area contributed by atoms with Gasteiger partial charge in [-0.1, -0.05) is 12.1 Å². The number of nitro groups is 1. The number of non-ortho nitro benzene ring substituents is 1. The molecular formula is C19H19N3O6S. The highest BCUT2D eigenvalue weighted by Gasteiger charge is 2.32. The Balaban J connectivity index is 1.35. The number of nitrogens with zero attached hydrogens (tertiary/aromatic N) is 3. The van der Waals surface area contributed by atoms with Crippen LogP contribution in [0, 0.1) is 10.1 Å². The van der Waals surface area contributed by atoms with Crippen molar-refractivity contribution in [1.82, 2.24) is 10.3 Å². The lowest BCUT2D eigenvalue weighted by Gasteiger charge is -2.17. The third kappa shape index (κ3) is 4.50. The Labute approximate surface area is 170 Å². The second kappa shape index (κ2) is 7.97. The number of hydrogen-bond donors (Lipinski definition) is 0. The highest BCUT2D eigenvalue weighted by molar-refractivity contribution is 7.98. The summed E-state index contributed by atoms with van der Waals surface area (Å²) >= 11 is 1.50. The van der Waals surface area contributed by atoms with Gasteiger partial charge in [-0.15, -0.1) is 11.8 Å². The molecule has 0 radical (unpaired) electrons. The number of rotatable bonds is 7. The molecule has 29 heavy (non-hydrogen) atoms. The molecule has 3 aromatic rings. The van der Waals surface area contributed by atoms with Crippen LogP contribution in [0.4, 0.5) is 5.69 Å². The van der Waals surface area contributed by atoms with E-state index in [0.717, 1.165) is 16.2 Å². The van der Waals surface area contributed by atoms with Crippen LogP contribution in [-0.2, 0) is 15.2 Å². The van der Waals surface area contributed by atoms with Crippen LogP contribution in [0.1, 0.15) is 19.4 Å². The van der Waals surface area contributed by atoms with Gasteiger partial charge in [-0.05, 0) is 47.9 Å². The number of thioether (sulfide) groups is 1. The molecule has 2 heterocycles. The molecule has 1 aromatic heterocycles. The summed E-state index contributed by atoms with van der Waals surface area (Å²) in [6.45, 7) is 4.71. The number of nitro benzene ring substituents is 1. The molecule has 0 bridgehead atoms. The van der Waals surface area contributed by atoms with Crippen molar-refractivity contribution in [2.75, 3.05) is 13.2 Å². The molecular weight excluding hydrogens is 398 g/mol. The molecule has 2 aromatic carbocycles. The van der Waals surface area contributed by atoms with Gasteiger partial charge in [0.1, 0.15) is 18.5 Å². The lowest BCUT2D eigenvalue weighted by Crippen LogP contribution is -2.25. The van der Waals surface area contributed by atoms with Gasteiger partial charge in [-0.3, -0.25) is 10.1 Å². The Kier molecular flexibility index (Phi) is 5.39. The smallest absolute Gasteiger partial charge is 0.300 e. The molecule has 1 aliphatic rings. The van der Waals surface area contributed by atoms with Crippen LogP contribution in [0.2, 0.25) is 0 Å². The van der Waals surface area contributed by atoms with Gasteiger partial charge in [0.2, 0.25) is 5.52 Å². The van der Waals surface area contributed by atoms with Crippen molar-refractivity contribution in [2.24, 2.45) is 0 Å². The number of hydrogen-bond acceptors (Lipinski definition) is 9. The average Bonchev–Trinajstić information content (AvgIpc) is 3.31. The summed E-state index contributed by atoms with van der Waals surface area (Å²) in [5, 5.41) is 18.5. The zero-order valence-electron chi connectivity index (χ0n) is 15.9. The first-order valence-corrected chi connectivity index (χ1v) is 9.96. The van der Waals surface area contributed by atoms with Gasteiger partial charge in [0.15, 0.2) is 11.3 Å².